The fourth-order valence-corrected chi connectivity index (χ4v) is 3.92. The number of amides is 1. The minimum absolute atomic E-state index is 0.0628. The van der Waals surface area contributed by atoms with Crippen LogP contribution in [0.4, 0.5) is 0 Å². The van der Waals surface area contributed by atoms with E-state index in [2.05, 4.69) is 6.58 Å². The van der Waals surface area contributed by atoms with E-state index in [0.29, 0.717) is 17.9 Å². The van der Waals surface area contributed by atoms with Crippen molar-refractivity contribution in [2.24, 2.45) is 0 Å². The number of nitrogens with zero attached hydrogens (tertiary/aromatic N) is 1. The summed E-state index contributed by atoms with van der Waals surface area (Å²) in [5, 5.41) is 10.8. The molecule has 5 heteroatoms. The molecule has 3 aromatic carbocycles. The predicted octanol–water partition coefficient (Wildman–Crippen LogP) is 5.43. The van der Waals surface area contributed by atoms with Crippen LogP contribution in [0.1, 0.15) is 22.7 Å². The molecule has 0 fully saturated rings. The van der Waals surface area contributed by atoms with Crippen molar-refractivity contribution < 1.29 is 19.4 Å². The molecule has 0 radical (unpaired) electrons. The summed E-state index contributed by atoms with van der Waals surface area (Å²) in [6.07, 6.45) is 4.73. The van der Waals surface area contributed by atoms with E-state index in [9.17, 15) is 14.7 Å². The molecule has 34 heavy (non-hydrogen) atoms. The molecular formula is C29H25NO4. The van der Waals surface area contributed by atoms with Gasteiger partial charge < -0.3 is 14.7 Å². The quantitative estimate of drug-likeness (QED) is 0.348. The molecule has 0 spiro atoms. The molecule has 3 aromatic rings. The third-order valence-electron chi connectivity index (χ3n) is 5.56. The third kappa shape index (κ3) is 4.99. The number of rotatable bonds is 9. The van der Waals surface area contributed by atoms with Gasteiger partial charge in [-0.3, -0.25) is 9.59 Å². The lowest BCUT2D eigenvalue weighted by Gasteiger charge is -2.27. The highest BCUT2D eigenvalue weighted by atomic mass is 16.5. The number of ketones is 1. The maximum absolute atomic E-state index is 13.2. The minimum atomic E-state index is -0.728. The summed E-state index contributed by atoms with van der Waals surface area (Å²) in [5.41, 5.74) is 2.51. The van der Waals surface area contributed by atoms with Crippen LogP contribution in [0.15, 0.2) is 115 Å². The van der Waals surface area contributed by atoms with Crippen LogP contribution < -0.4 is 4.74 Å². The van der Waals surface area contributed by atoms with Gasteiger partial charge in [0, 0.05) is 6.54 Å². The first kappa shape index (κ1) is 22.8. The van der Waals surface area contributed by atoms with Crippen molar-refractivity contribution in [3.63, 3.8) is 0 Å². The highest BCUT2D eigenvalue weighted by Gasteiger charge is 2.42. The molecular weight excluding hydrogens is 426 g/mol. The number of aliphatic hydroxyl groups is 1. The van der Waals surface area contributed by atoms with Crippen LogP contribution in [0, 0.1) is 0 Å². The number of allylic oxidation sites excluding steroid dienone is 1. The van der Waals surface area contributed by atoms with E-state index in [4.69, 9.17) is 4.74 Å². The van der Waals surface area contributed by atoms with Crippen molar-refractivity contribution in [2.45, 2.75) is 12.6 Å². The molecule has 1 aliphatic rings. The van der Waals surface area contributed by atoms with Gasteiger partial charge in [0.05, 0.1) is 11.6 Å². The first-order valence-corrected chi connectivity index (χ1v) is 11.0. The lowest BCUT2D eigenvalue weighted by atomic mass is 9.95. The third-order valence-corrected chi connectivity index (χ3v) is 5.56. The molecule has 1 unspecified atom stereocenters. The Balaban J connectivity index is 1.69. The van der Waals surface area contributed by atoms with Crippen LogP contribution in [-0.2, 0) is 16.1 Å². The SMILES string of the molecule is C=CCOc1ccc(C2C(C(=O)/C=C/c3ccccc3)=C(O)C(=O)N2Cc2ccccc2)cc1. The highest BCUT2D eigenvalue weighted by molar-refractivity contribution is 6.14. The second-order valence-electron chi connectivity index (χ2n) is 7.86. The number of carbonyl (C=O) groups is 2. The summed E-state index contributed by atoms with van der Waals surface area (Å²) >= 11 is 0. The number of aliphatic hydroxyl groups excluding tert-OH is 1. The smallest absolute Gasteiger partial charge is 0.290 e. The Morgan fingerprint density at radius 2 is 1.62 bits per heavy atom. The zero-order valence-electron chi connectivity index (χ0n) is 18.6. The summed E-state index contributed by atoms with van der Waals surface area (Å²) in [6.45, 7) is 4.27. The molecule has 5 nitrogen and oxygen atoms in total. The zero-order chi connectivity index (χ0) is 23.9. The molecule has 1 atom stereocenters. The summed E-state index contributed by atoms with van der Waals surface area (Å²) in [7, 11) is 0. The van der Waals surface area contributed by atoms with Crippen molar-refractivity contribution in [1.29, 1.82) is 0 Å². The van der Waals surface area contributed by atoms with Crippen LogP contribution in [0.5, 0.6) is 5.75 Å². The van der Waals surface area contributed by atoms with Crippen molar-refractivity contribution >= 4 is 17.8 Å². The standard InChI is InChI=1S/C29H25NO4/c1-2-19-34-24-16-14-23(15-17-24)27-26(25(31)18-13-21-9-5-3-6-10-21)28(32)29(33)30(27)20-22-11-7-4-8-12-22/h2-18,27,32H,1,19-20H2/b18-13+. The normalized spacial score (nSPS) is 15.7. The topological polar surface area (TPSA) is 66.8 Å². The van der Waals surface area contributed by atoms with Crippen LogP contribution in [0.3, 0.4) is 0 Å². The van der Waals surface area contributed by atoms with E-state index in [0.717, 1.165) is 11.1 Å². The second-order valence-corrected chi connectivity index (χ2v) is 7.86. The number of ether oxygens (including phenoxy) is 1. The van der Waals surface area contributed by atoms with E-state index in [-0.39, 0.29) is 12.1 Å². The second kappa shape index (κ2) is 10.5. The Morgan fingerprint density at radius 1 is 0.971 bits per heavy atom. The molecule has 1 amide bonds. The minimum Gasteiger partial charge on any atom is -0.503 e. The number of hydrogen-bond donors (Lipinski definition) is 1. The molecule has 0 bridgehead atoms. The van der Waals surface area contributed by atoms with Gasteiger partial charge in [0.2, 0.25) is 0 Å². The van der Waals surface area contributed by atoms with E-state index >= 15 is 0 Å². The van der Waals surface area contributed by atoms with Crippen molar-refractivity contribution in [2.75, 3.05) is 6.61 Å². The summed E-state index contributed by atoms with van der Waals surface area (Å²) < 4.78 is 5.56. The van der Waals surface area contributed by atoms with Crippen LogP contribution in [0.2, 0.25) is 0 Å². The van der Waals surface area contributed by atoms with Crippen LogP contribution >= 0.6 is 0 Å². The number of benzene rings is 3. The molecule has 1 aliphatic heterocycles. The predicted molar refractivity (Wildman–Crippen MR) is 132 cm³/mol. The maximum Gasteiger partial charge on any atom is 0.290 e. The van der Waals surface area contributed by atoms with E-state index in [1.54, 1.807) is 36.4 Å². The molecule has 0 aliphatic carbocycles. The average Bonchev–Trinajstić information content (AvgIpc) is 3.12. The van der Waals surface area contributed by atoms with Gasteiger partial charge in [0.25, 0.3) is 5.91 Å². The Labute approximate surface area is 198 Å². The van der Waals surface area contributed by atoms with Gasteiger partial charge in [-0.2, -0.15) is 0 Å². The zero-order valence-corrected chi connectivity index (χ0v) is 18.6. The van der Waals surface area contributed by atoms with Gasteiger partial charge in [-0.25, -0.2) is 0 Å². The molecule has 0 aromatic heterocycles. The van der Waals surface area contributed by atoms with Crippen molar-refractivity contribution in [1.82, 2.24) is 4.90 Å². The maximum atomic E-state index is 13.2. The molecule has 0 saturated heterocycles. The Hall–Kier alpha value is -4.38. The Morgan fingerprint density at radius 3 is 2.26 bits per heavy atom. The molecule has 4 rings (SSSR count). The van der Waals surface area contributed by atoms with Crippen LogP contribution in [-0.4, -0.2) is 28.3 Å². The summed E-state index contributed by atoms with van der Waals surface area (Å²) in [6, 6.07) is 25.3. The first-order chi connectivity index (χ1) is 16.6. The monoisotopic (exact) mass is 451 g/mol. The highest BCUT2D eigenvalue weighted by Crippen LogP contribution is 2.39. The van der Waals surface area contributed by atoms with Gasteiger partial charge in [-0.15, -0.1) is 0 Å². The average molecular weight is 452 g/mol. The molecule has 1 heterocycles. The van der Waals surface area contributed by atoms with Gasteiger partial charge >= 0.3 is 0 Å². The molecule has 0 saturated carbocycles. The van der Waals surface area contributed by atoms with Crippen LogP contribution in [0.25, 0.3) is 6.08 Å². The van der Waals surface area contributed by atoms with Gasteiger partial charge in [-0.1, -0.05) is 91.5 Å². The lowest BCUT2D eigenvalue weighted by molar-refractivity contribution is -0.130. The Bertz CT molecular complexity index is 1230. The van der Waals surface area contributed by atoms with E-state index in [1.807, 2.05) is 60.7 Å². The molecule has 170 valence electrons. The summed E-state index contributed by atoms with van der Waals surface area (Å²) in [5.74, 6) is -0.859. The van der Waals surface area contributed by atoms with E-state index < -0.39 is 23.5 Å². The number of hydrogen-bond acceptors (Lipinski definition) is 4. The number of carbonyl (C=O) groups excluding carboxylic acids is 2. The lowest BCUT2D eigenvalue weighted by Crippen LogP contribution is -2.30. The van der Waals surface area contributed by atoms with Gasteiger partial charge in [0.1, 0.15) is 12.4 Å². The molecule has 1 N–H and O–H groups in total. The largest absolute Gasteiger partial charge is 0.503 e. The summed E-state index contributed by atoms with van der Waals surface area (Å²) in [4.78, 5) is 27.9. The fourth-order valence-electron chi connectivity index (χ4n) is 3.92. The van der Waals surface area contributed by atoms with Crippen molar-refractivity contribution in [3.8, 4) is 5.75 Å². The van der Waals surface area contributed by atoms with Gasteiger partial charge in [0.15, 0.2) is 11.5 Å². The Kier molecular flexibility index (Phi) is 7.04. The first-order valence-electron chi connectivity index (χ1n) is 11.0. The fraction of sp³-hybridized carbons (Fsp3) is 0.103. The van der Waals surface area contributed by atoms with E-state index in [1.165, 1.54) is 11.0 Å². The van der Waals surface area contributed by atoms with Crippen molar-refractivity contribution in [3.05, 3.63) is 132 Å². The van der Waals surface area contributed by atoms with Gasteiger partial charge in [-0.05, 0) is 34.9 Å².